The summed E-state index contributed by atoms with van der Waals surface area (Å²) >= 11 is 0. The molecular weight excluding hydrogens is 238 g/mol. The minimum atomic E-state index is 0.320. The van der Waals surface area contributed by atoms with Crippen molar-refractivity contribution in [2.45, 2.75) is 38.8 Å². The second kappa shape index (κ2) is 6.92. The van der Waals surface area contributed by atoms with Gasteiger partial charge in [0.1, 0.15) is 5.75 Å². The van der Waals surface area contributed by atoms with E-state index in [0.717, 1.165) is 31.7 Å². The van der Waals surface area contributed by atoms with E-state index >= 15 is 0 Å². The highest BCUT2D eigenvalue weighted by molar-refractivity contribution is 5.31. The average molecular weight is 263 g/mol. The van der Waals surface area contributed by atoms with Gasteiger partial charge in [0.15, 0.2) is 0 Å². The van der Waals surface area contributed by atoms with Crippen LogP contribution in [0.4, 0.5) is 0 Å². The van der Waals surface area contributed by atoms with E-state index in [1.807, 2.05) is 6.07 Å². The fraction of sp³-hybridized carbons (Fsp3) is 0.625. The van der Waals surface area contributed by atoms with Gasteiger partial charge >= 0.3 is 0 Å². The van der Waals surface area contributed by atoms with Gasteiger partial charge in [-0.15, -0.1) is 0 Å². The highest BCUT2D eigenvalue weighted by atomic mass is 16.5. The molecule has 3 nitrogen and oxygen atoms in total. The maximum atomic E-state index is 5.73. The van der Waals surface area contributed by atoms with Gasteiger partial charge in [-0.3, -0.25) is 0 Å². The lowest BCUT2D eigenvalue weighted by Crippen LogP contribution is -2.32. The third-order valence-electron chi connectivity index (χ3n) is 3.93. The highest BCUT2D eigenvalue weighted by Crippen LogP contribution is 2.34. The molecule has 0 spiro atoms. The second-order valence-corrected chi connectivity index (χ2v) is 5.24. The van der Waals surface area contributed by atoms with Gasteiger partial charge in [-0.25, -0.2) is 0 Å². The number of hydrogen-bond donors (Lipinski definition) is 1. The summed E-state index contributed by atoms with van der Waals surface area (Å²) in [5.41, 5.74) is 1.30. The molecule has 106 valence electrons. The van der Waals surface area contributed by atoms with Crippen molar-refractivity contribution in [1.29, 1.82) is 0 Å². The number of ether oxygens (including phenoxy) is 2. The first kappa shape index (κ1) is 14.4. The maximum absolute atomic E-state index is 5.73. The molecule has 1 saturated heterocycles. The van der Waals surface area contributed by atoms with Crippen LogP contribution in [0.15, 0.2) is 24.3 Å². The Labute approximate surface area is 116 Å². The van der Waals surface area contributed by atoms with Crippen LogP contribution in [0.2, 0.25) is 0 Å². The summed E-state index contributed by atoms with van der Waals surface area (Å²) in [5, 5.41) is 3.67. The Morgan fingerprint density at radius 2 is 2.32 bits per heavy atom. The molecular formula is C16H25NO2. The van der Waals surface area contributed by atoms with E-state index in [0.29, 0.717) is 18.1 Å². The van der Waals surface area contributed by atoms with Crippen molar-refractivity contribution >= 4 is 0 Å². The summed E-state index contributed by atoms with van der Waals surface area (Å²) in [6.45, 7) is 6.29. The van der Waals surface area contributed by atoms with E-state index in [9.17, 15) is 0 Å². The van der Waals surface area contributed by atoms with E-state index in [1.54, 1.807) is 7.11 Å². The van der Waals surface area contributed by atoms with Gasteiger partial charge in [0, 0.05) is 18.6 Å². The van der Waals surface area contributed by atoms with Crippen molar-refractivity contribution in [3.8, 4) is 5.75 Å². The minimum Gasteiger partial charge on any atom is -0.497 e. The molecule has 1 aromatic carbocycles. The molecule has 1 aliphatic rings. The van der Waals surface area contributed by atoms with Crippen LogP contribution in [0.5, 0.6) is 5.75 Å². The van der Waals surface area contributed by atoms with Crippen LogP contribution in [0, 0.1) is 5.92 Å². The van der Waals surface area contributed by atoms with Gasteiger partial charge in [-0.05, 0) is 44.0 Å². The predicted octanol–water partition coefficient (Wildman–Crippen LogP) is 3.16. The third kappa shape index (κ3) is 3.48. The van der Waals surface area contributed by atoms with Crippen molar-refractivity contribution in [2.24, 2.45) is 5.92 Å². The molecule has 3 heteroatoms. The van der Waals surface area contributed by atoms with E-state index < -0.39 is 0 Å². The molecule has 19 heavy (non-hydrogen) atoms. The van der Waals surface area contributed by atoms with E-state index in [4.69, 9.17) is 9.47 Å². The Hall–Kier alpha value is -1.06. The second-order valence-electron chi connectivity index (χ2n) is 5.24. The largest absolute Gasteiger partial charge is 0.497 e. The van der Waals surface area contributed by atoms with E-state index in [1.165, 1.54) is 5.56 Å². The van der Waals surface area contributed by atoms with Gasteiger partial charge in [0.2, 0.25) is 0 Å². The minimum absolute atomic E-state index is 0.320. The molecule has 3 atom stereocenters. The summed E-state index contributed by atoms with van der Waals surface area (Å²) in [7, 11) is 1.72. The number of hydrogen-bond acceptors (Lipinski definition) is 3. The summed E-state index contributed by atoms with van der Waals surface area (Å²) in [6, 6.07) is 8.73. The highest BCUT2D eigenvalue weighted by Gasteiger charge is 2.32. The van der Waals surface area contributed by atoms with E-state index in [2.05, 4.69) is 37.4 Å². The Morgan fingerprint density at radius 1 is 1.47 bits per heavy atom. The number of methoxy groups -OCH3 is 1. The third-order valence-corrected chi connectivity index (χ3v) is 3.93. The Kier molecular flexibility index (Phi) is 5.23. The van der Waals surface area contributed by atoms with Crippen LogP contribution in [0.1, 0.15) is 38.3 Å². The Bertz CT molecular complexity index is 394. The van der Waals surface area contributed by atoms with Gasteiger partial charge in [-0.1, -0.05) is 19.1 Å². The molecule has 0 saturated carbocycles. The lowest BCUT2D eigenvalue weighted by atomic mass is 9.88. The van der Waals surface area contributed by atoms with Gasteiger partial charge in [-0.2, -0.15) is 0 Å². The van der Waals surface area contributed by atoms with Crippen LogP contribution in [-0.2, 0) is 4.74 Å². The summed E-state index contributed by atoms with van der Waals surface area (Å²) in [6.07, 6.45) is 2.59. The van der Waals surface area contributed by atoms with Gasteiger partial charge in [0.05, 0.1) is 13.2 Å². The van der Waals surface area contributed by atoms with Crippen LogP contribution < -0.4 is 10.1 Å². The Morgan fingerprint density at radius 3 is 2.95 bits per heavy atom. The predicted molar refractivity (Wildman–Crippen MR) is 77.5 cm³/mol. The first-order valence-electron chi connectivity index (χ1n) is 7.25. The van der Waals surface area contributed by atoms with Crippen molar-refractivity contribution in [3.63, 3.8) is 0 Å². The fourth-order valence-electron chi connectivity index (χ4n) is 2.84. The number of nitrogens with one attached hydrogen (secondary N) is 1. The lowest BCUT2D eigenvalue weighted by Gasteiger charge is -2.27. The SMILES string of the molecule is CCCNC(c1cccc(OC)c1)C1CCOC1C. The lowest BCUT2D eigenvalue weighted by molar-refractivity contribution is 0.0953. The van der Waals surface area contributed by atoms with Crippen molar-refractivity contribution in [2.75, 3.05) is 20.3 Å². The molecule has 0 radical (unpaired) electrons. The molecule has 1 aromatic rings. The first-order chi connectivity index (χ1) is 9.26. The zero-order chi connectivity index (χ0) is 13.7. The molecule has 1 N–H and O–H groups in total. The zero-order valence-corrected chi connectivity index (χ0v) is 12.2. The summed E-state index contributed by atoms with van der Waals surface area (Å²) < 4.78 is 11.1. The number of rotatable bonds is 6. The molecule has 0 aliphatic carbocycles. The van der Waals surface area contributed by atoms with Crippen LogP contribution in [0.3, 0.4) is 0 Å². The van der Waals surface area contributed by atoms with Crippen molar-refractivity contribution < 1.29 is 9.47 Å². The van der Waals surface area contributed by atoms with Gasteiger partial charge < -0.3 is 14.8 Å². The number of benzene rings is 1. The fourth-order valence-corrected chi connectivity index (χ4v) is 2.84. The van der Waals surface area contributed by atoms with E-state index in [-0.39, 0.29) is 0 Å². The molecule has 1 heterocycles. The molecule has 0 aromatic heterocycles. The molecule has 3 unspecified atom stereocenters. The smallest absolute Gasteiger partial charge is 0.119 e. The standard InChI is InChI=1S/C16H25NO2/c1-4-9-17-16(15-8-10-19-12(15)2)13-6-5-7-14(11-13)18-3/h5-7,11-12,15-17H,4,8-10H2,1-3H3. The topological polar surface area (TPSA) is 30.5 Å². The van der Waals surface area contributed by atoms with Gasteiger partial charge in [0.25, 0.3) is 0 Å². The van der Waals surface area contributed by atoms with Crippen LogP contribution >= 0.6 is 0 Å². The molecule has 1 fully saturated rings. The molecule has 2 rings (SSSR count). The summed E-state index contributed by atoms with van der Waals surface area (Å²) in [5.74, 6) is 1.46. The maximum Gasteiger partial charge on any atom is 0.119 e. The van der Waals surface area contributed by atoms with Crippen molar-refractivity contribution in [1.82, 2.24) is 5.32 Å². The Balaban J connectivity index is 2.20. The molecule has 0 bridgehead atoms. The van der Waals surface area contributed by atoms with Crippen molar-refractivity contribution in [3.05, 3.63) is 29.8 Å². The summed E-state index contributed by atoms with van der Waals surface area (Å²) in [4.78, 5) is 0. The van der Waals surface area contributed by atoms with Crippen LogP contribution in [-0.4, -0.2) is 26.4 Å². The quantitative estimate of drug-likeness (QED) is 0.855. The monoisotopic (exact) mass is 263 g/mol. The molecule has 1 aliphatic heterocycles. The normalized spacial score (nSPS) is 24.4. The molecule has 0 amide bonds. The first-order valence-corrected chi connectivity index (χ1v) is 7.25. The zero-order valence-electron chi connectivity index (χ0n) is 12.2. The average Bonchev–Trinajstić information content (AvgIpc) is 2.86. The van der Waals surface area contributed by atoms with Crippen LogP contribution in [0.25, 0.3) is 0 Å².